The predicted molar refractivity (Wildman–Crippen MR) is 134 cm³/mol. The van der Waals surface area contributed by atoms with E-state index < -0.39 is 22.6 Å². The minimum Gasteiger partial charge on any atom is -0.374 e. The fourth-order valence-corrected chi connectivity index (χ4v) is 4.88. The third kappa shape index (κ3) is 5.92. The summed E-state index contributed by atoms with van der Waals surface area (Å²) >= 11 is 0. The van der Waals surface area contributed by atoms with E-state index in [2.05, 4.69) is 20.8 Å². The standard InChI is InChI=1S/C24H31N7O3S/c1-24(2,25)23(32)26-20(16-34-15-17-9-5-4-6-10-17)22-27-28-29-30(22)13-18-14-31(35(3)33)21-12-8-7-11-19(18)21/h4-12,18,20H,13-16,25H2,1-3H3,(H,26,32)/t18?,20-,35?/m1/s1. The molecule has 0 saturated heterocycles. The van der Waals surface area contributed by atoms with Gasteiger partial charge in [0.1, 0.15) is 17.0 Å². The van der Waals surface area contributed by atoms with Gasteiger partial charge in [0.25, 0.3) is 0 Å². The van der Waals surface area contributed by atoms with Gasteiger partial charge in [-0.3, -0.25) is 9.10 Å². The van der Waals surface area contributed by atoms with Crippen LogP contribution in [0, 0.1) is 0 Å². The first-order valence-electron chi connectivity index (χ1n) is 11.4. The van der Waals surface area contributed by atoms with Crippen LogP contribution in [0.15, 0.2) is 54.6 Å². The first-order valence-corrected chi connectivity index (χ1v) is 12.9. The highest BCUT2D eigenvalue weighted by Gasteiger charge is 2.33. The molecule has 0 radical (unpaired) electrons. The summed E-state index contributed by atoms with van der Waals surface area (Å²) in [5, 5.41) is 15.3. The molecule has 1 aliphatic heterocycles. The Bertz CT molecular complexity index is 1180. The maximum Gasteiger partial charge on any atom is 0.240 e. The number of aromatic nitrogens is 4. The number of para-hydroxylation sites is 1. The van der Waals surface area contributed by atoms with Crippen molar-refractivity contribution in [3.05, 3.63) is 71.5 Å². The first kappa shape index (κ1) is 25.0. The molecule has 10 nitrogen and oxygen atoms in total. The van der Waals surface area contributed by atoms with Crippen LogP contribution in [0.1, 0.15) is 42.8 Å². The molecular formula is C24H31N7O3S. The number of ether oxygens (including phenoxy) is 1. The highest BCUT2D eigenvalue weighted by molar-refractivity contribution is 7.85. The summed E-state index contributed by atoms with van der Waals surface area (Å²) in [5.41, 5.74) is 8.01. The van der Waals surface area contributed by atoms with Crippen molar-refractivity contribution in [3.8, 4) is 0 Å². The molecule has 0 bridgehead atoms. The second-order valence-corrected chi connectivity index (χ2v) is 10.5. The largest absolute Gasteiger partial charge is 0.374 e. The molecule has 2 unspecified atom stereocenters. The Hall–Kier alpha value is -3.15. The Kier molecular flexibility index (Phi) is 7.58. The number of hydrogen-bond donors (Lipinski definition) is 2. The van der Waals surface area contributed by atoms with Gasteiger partial charge in [-0.15, -0.1) is 5.10 Å². The van der Waals surface area contributed by atoms with Crippen LogP contribution in [0.25, 0.3) is 0 Å². The van der Waals surface area contributed by atoms with Gasteiger partial charge in [-0.05, 0) is 41.5 Å². The van der Waals surface area contributed by atoms with Crippen molar-refractivity contribution in [2.45, 2.75) is 44.5 Å². The molecule has 2 aromatic carbocycles. The highest BCUT2D eigenvalue weighted by atomic mass is 32.2. The molecule has 1 aliphatic rings. The monoisotopic (exact) mass is 497 g/mol. The van der Waals surface area contributed by atoms with E-state index >= 15 is 0 Å². The summed E-state index contributed by atoms with van der Waals surface area (Å²) in [7, 11) is -1.14. The van der Waals surface area contributed by atoms with Crippen LogP contribution >= 0.6 is 0 Å². The van der Waals surface area contributed by atoms with Crippen molar-refractivity contribution in [2.75, 3.05) is 23.7 Å². The van der Waals surface area contributed by atoms with E-state index in [0.717, 1.165) is 16.8 Å². The van der Waals surface area contributed by atoms with Crippen LogP contribution in [-0.2, 0) is 33.7 Å². The Morgan fingerprint density at radius 1 is 1.23 bits per heavy atom. The van der Waals surface area contributed by atoms with E-state index in [1.807, 2.05) is 58.9 Å². The lowest BCUT2D eigenvalue weighted by atomic mass is 10.0. The number of anilines is 1. The van der Waals surface area contributed by atoms with Crippen LogP contribution in [0.2, 0.25) is 0 Å². The number of benzene rings is 2. The smallest absolute Gasteiger partial charge is 0.240 e. The average molecular weight is 498 g/mol. The Labute approximate surface area is 207 Å². The lowest BCUT2D eigenvalue weighted by molar-refractivity contribution is -0.126. The van der Waals surface area contributed by atoms with Crippen LogP contribution in [0.3, 0.4) is 0 Å². The van der Waals surface area contributed by atoms with Crippen molar-refractivity contribution in [2.24, 2.45) is 5.73 Å². The van der Waals surface area contributed by atoms with Crippen LogP contribution < -0.4 is 15.4 Å². The summed E-state index contributed by atoms with van der Waals surface area (Å²) in [5.74, 6) is 0.174. The quantitative estimate of drug-likeness (QED) is 0.436. The van der Waals surface area contributed by atoms with Crippen molar-refractivity contribution in [1.82, 2.24) is 25.5 Å². The van der Waals surface area contributed by atoms with Gasteiger partial charge in [0, 0.05) is 18.7 Å². The summed E-state index contributed by atoms with van der Waals surface area (Å²) in [6.07, 6.45) is 1.67. The van der Waals surface area contributed by atoms with Crippen molar-refractivity contribution in [3.63, 3.8) is 0 Å². The van der Waals surface area contributed by atoms with E-state index in [-0.39, 0.29) is 18.4 Å². The molecule has 3 aromatic rings. The normalized spacial score (nSPS) is 17.1. The van der Waals surface area contributed by atoms with Crippen molar-refractivity contribution < 1.29 is 13.7 Å². The van der Waals surface area contributed by atoms with Crippen LogP contribution in [-0.4, -0.2) is 55.3 Å². The number of carbonyl (C=O) groups is 1. The molecular weight excluding hydrogens is 466 g/mol. The zero-order valence-corrected chi connectivity index (χ0v) is 20.9. The molecule has 0 aliphatic carbocycles. The number of fused-ring (bicyclic) bond motifs is 1. The average Bonchev–Trinajstić information content (AvgIpc) is 3.44. The van der Waals surface area contributed by atoms with Gasteiger partial charge in [0.2, 0.25) is 5.91 Å². The first-order chi connectivity index (χ1) is 16.7. The summed E-state index contributed by atoms with van der Waals surface area (Å²) in [4.78, 5) is 12.7. The molecule has 11 heteroatoms. The number of tetrazole rings is 1. The highest BCUT2D eigenvalue weighted by Crippen LogP contribution is 2.37. The number of amides is 1. The molecule has 186 valence electrons. The van der Waals surface area contributed by atoms with Gasteiger partial charge >= 0.3 is 0 Å². The van der Waals surface area contributed by atoms with Crippen LogP contribution in [0.5, 0.6) is 0 Å². The Balaban J connectivity index is 1.54. The van der Waals surface area contributed by atoms with Gasteiger partial charge in [0.15, 0.2) is 5.82 Å². The Morgan fingerprint density at radius 2 is 1.94 bits per heavy atom. The van der Waals surface area contributed by atoms with Gasteiger partial charge in [-0.2, -0.15) is 0 Å². The van der Waals surface area contributed by atoms with Gasteiger partial charge < -0.3 is 15.8 Å². The zero-order chi connectivity index (χ0) is 25.0. The minimum atomic E-state index is -1.14. The number of carbonyl (C=O) groups excluding carboxylic acids is 1. The number of nitrogens with two attached hydrogens (primary N) is 1. The lowest BCUT2D eigenvalue weighted by Crippen LogP contribution is -2.51. The predicted octanol–water partition coefficient (Wildman–Crippen LogP) is 1.68. The van der Waals surface area contributed by atoms with Crippen molar-refractivity contribution in [1.29, 1.82) is 0 Å². The molecule has 3 N–H and O–H groups in total. The molecule has 0 spiro atoms. The molecule has 35 heavy (non-hydrogen) atoms. The topological polar surface area (TPSA) is 128 Å². The van der Waals surface area contributed by atoms with Gasteiger partial charge in [0.05, 0.1) is 31.0 Å². The zero-order valence-electron chi connectivity index (χ0n) is 20.1. The number of rotatable bonds is 10. The number of nitrogens with one attached hydrogen (secondary N) is 1. The molecule has 0 saturated carbocycles. The maximum absolute atomic E-state index is 12.7. The minimum absolute atomic E-state index is 0.0323. The maximum atomic E-state index is 12.7. The van der Waals surface area contributed by atoms with Crippen LogP contribution in [0.4, 0.5) is 5.69 Å². The molecule has 1 aromatic heterocycles. The third-order valence-electron chi connectivity index (χ3n) is 5.89. The second kappa shape index (κ2) is 10.6. The van der Waals surface area contributed by atoms with E-state index in [1.165, 1.54) is 0 Å². The molecule has 0 fully saturated rings. The van der Waals surface area contributed by atoms with E-state index in [9.17, 15) is 9.00 Å². The summed E-state index contributed by atoms with van der Waals surface area (Å²) < 4.78 is 21.8. The molecule has 1 amide bonds. The molecule has 4 rings (SSSR count). The Morgan fingerprint density at radius 3 is 2.66 bits per heavy atom. The fraction of sp³-hybridized carbons (Fsp3) is 0.417. The number of nitrogens with zero attached hydrogens (tertiary/aromatic N) is 5. The summed E-state index contributed by atoms with van der Waals surface area (Å²) in [6.45, 7) is 4.88. The number of hydrogen-bond acceptors (Lipinski definition) is 7. The lowest BCUT2D eigenvalue weighted by Gasteiger charge is -2.24. The molecule has 3 atom stereocenters. The SMILES string of the molecule is CS(=O)N1CC(Cn2nnnc2[C@@H](COCc2ccccc2)NC(=O)C(C)(C)N)c2ccccc21. The molecule has 2 heterocycles. The van der Waals surface area contributed by atoms with E-state index in [1.54, 1.807) is 24.8 Å². The van der Waals surface area contributed by atoms with E-state index in [0.29, 0.717) is 25.5 Å². The second-order valence-electron chi connectivity index (χ2n) is 9.21. The van der Waals surface area contributed by atoms with Crippen molar-refractivity contribution >= 4 is 22.6 Å². The summed E-state index contributed by atoms with van der Waals surface area (Å²) in [6, 6.07) is 17.1. The van der Waals surface area contributed by atoms with Gasteiger partial charge in [-0.1, -0.05) is 48.5 Å². The van der Waals surface area contributed by atoms with Gasteiger partial charge in [-0.25, -0.2) is 8.89 Å². The third-order valence-corrected chi connectivity index (χ3v) is 6.86. The fourth-order valence-electron chi connectivity index (χ4n) is 4.05. The van der Waals surface area contributed by atoms with E-state index in [4.69, 9.17) is 10.5 Å².